The van der Waals surface area contributed by atoms with Gasteiger partial charge in [0.15, 0.2) is 9.84 Å². The topological polar surface area (TPSA) is 52.6 Å². The van der Waals surface area contributed by atoms with Crippen LogP contribution < -0.4 is 4.74 Å². The summed E-state index contributed by atoms with van der Waals surface area (Å²) < 4.78 is 35.9. The monoisotopic (exact) mass is 356 g/mol. The molecule has 1 rings (SSSR count). The van der Waals surface area contributed by atoms with E-state index in [4.69, 9.17) is 9.47 Å². The highest BCUT2D eigenvalue weighted by Crippen LogP contribution is 2.28. The lowest BCUT2D eigenvalue weighted by Crippen LogP contribution is -2.25. The Labute approximate surface area is 147 Å². The minimum absolute atomic E-state index is 0.131. The van der Waals surface area contributed by atoms with Crippen LogP contribution in [0.3, 0.4) is 0 Å². The number of hydrogen-bond donors (Lipinski definition) is 0. The first-order valence-electron chi connectivity index (χ1n) is 8.40. The van der Waals surface area contributed by atoms with Crippen LogP contribution in [-0.4, -0.2) is 34.5 Å². The van der Waals surface area contributed by atoms with Crippen LogP contribution in [0.25, 0.3) is 0 Å². The maximum absolute atomic E-state index is 12.6. The van der Waals surface area contributed by atoms with Crippen molar-refractivity contribution in [2.75, 3.05) is 26.1 Å². The molecule has 1 aromatic carbocycles. The normalized spacial score (nSPS) is 13.1. The largest absolute Gasteiger partial charge is 0.497 e. The Bertz CT molecular complexity index is 595. The average Bonchev–Trinajstić information content (AvgIpc) is 2.44. The van der Waals surface area contributed by atoms with E-state index in [0.717, 1.165) is 19.4 Å². The summed E-state index contributed by atoms with van der Waals surface area (Å²) in [4.78, 5) is 0.348. The van der Waals surface area contributed by atoms with Crippen LogP contribution in [0.15, 0.2) is 29.2 Å². The number of ether oxygens (including phenoxy) is 2. The number of sulfone groups is 1. The minimum atomic E-state index is -3.31. The number of rotatable bonds is 9. The zero-order chi connectivity index (χ0) is 18.4. The van der Waals surface area contributed by atoms with Crippen LogP contribution in [-0.2, 0) is 14.6 Å². The molecule has 0 heterocycles. The van der Waals surface area contributed by atoms with Crippen LogP contribution in [0.5, 0.6) is 5.75 Å². The fourth-order valence-electron chi connectivity index (χ4n) is 2.48. The van der Waals surface area contributed by atoms with E-state index < -0.39 is 9.84 Å². The Kier molecular flexibility index (Phi) is 7.29. The molecule has 1 aromatic rings. The van der Waals surface area contributed by atoms with Crippen LogP contribution in [0.4, 0.5) is 0 Å². The van der Waals surface area contributed by atoms with Gasteiger partial charge in [0.2, 0.25) is 0 Å². The zero-order valence-electron chi connectivity index (χ0n) is 15.9. The molecule has 0 unspecified atom stereocenters. The van der Waals surface area contributed by atoms with Gasteiger partial charge in [0.1, 0.15) is 5.75 Å². The summed E-state index contributed by atoms with van der Waals surface area (Å²) in [6.07, 6.45) is 1.67. The molecule has 138 valence electrons. The fourth-order valence-corrected chi connectivity index (χ4v) is 4.37. The van der Waals surface area contributed by atoms with Crippen molar-refractivity contribution in [3.63, 3.8) is 0 Å². The van der Waals surface area contributed by atoms with E-state index >= 15 is 0 Å². The first-order chi connectivity index (χ1) is 11.0. The van der Waals surface area contributed by atoms with Crippen molar-refractivity contribution in [1.29, 1.82) is 0 Å². The predicted octanol–water partition coefficient (Wildman–Crippen LogP) is 4.34. The second-order valence-electron chi connectivity index (χ2n) is 8.32. The van der Waals surface area contributed by atoms with E-state index in [1.807, 2.05) is 13.8 Å². The zero-order valence-corrected chi connectivity index (χ0v) is 16.7. The maximum Gasteiger partial charge on any atom is 0.178 e. The Morgan fingerprint density at radius 2 is 1.58 bits per heavy atom. The molecule has 0 aromatic heterocycles. The molecule has 0 aliphatic heterocycles. The molecule has 0 spiro atoms. The van der Waals surface area contributed by atoms with E-state index in [1.165, 1.54) is 0 Å². The van der Waals surface area contributed by atoms with Crippen molar-refractivity contribution >= 4 is 9.84 Å². The average molecular weight is 357 g/mol. The Morgan fingerprint density at radius 1 is 1.00 bits per heavy atom. The second-order valence-corrected chi connectivity index (χ2v) is 10.3. The lowest BCUT2D eigenvalue weighted by Gasteiger charge is -2.25. The molecular formula is C19H32O4S. The predicted molar refractivity (Wildman–Crippen MR) is 98.3 cm³/mol. The lowest BCUT2D eigenvalue weighted by atomic mass is 9.90. The summed E-state index contributed by atoms with van der Waals surface area (Å²) in [7, 11) is -1.74. The molecule has 0 N–H and O–H groups in total. The third-order valence-corrected chi connectivity index (χ3v) is 5.83. The molecule has 0 saturated heterocycles. The highest BCUT2D eigenvalue weighted by molar-refractivity contribution is 7.91. The molecule has 0 aliphatic carbocycles. The van der Waals surface area contributed by atoms with E-state index in [0.29, 0.717) is 17.3 Å². The van der Waals surface area contributed by atoms with Gasteiger partial charge >= 0.3 is 0 Å². The summed E-state index contributed by atoms with van der Waals surface area (Å²) in [6, 6.07) is 6.58. The Balaban J connectivity index is 2.54. The second kappa shape index (κ2) is 8.34. The standard InChI is InChI=1S/C19H32O4S/c1-18(2,3)14-23-13-7-12-19(4,5)15-24(20,21)17-10-8-16(22-6)9-11-17/h8-11H,7,12-15H2,1-6H3. The molecule has 0 fully saturated rings. The first-order valence-corrected chi connectivity index (χ1v) is 10.1. The maximum atomic E-state index is 12.6. The van der Waals surface area contributed by atoms with Crippen molar-refractivity contribution in [1.82, 2.24) is 0 Å². The Morgan fingerprint density at radius 3 is 2.08 bits per heavy atom. The van der Waals surface area contributed by atoms with Gasteiger partial charge in [-0.1, -0.05) is 34.6 Å². The quantitative estimate of drug-likeness (QED) is 0.618. The van der Waals surface area contributed by atoms with E-state index in [9.17, 15) is 8.42 Å². The van der Waals surface area contributed by atoms with Gasteiger partial charge in [-0.25, -0.2) is 8.42 Å². The molecule has 0 aliphatic rings. The molecule has 0 amide bonds. The summed E-state index contributed by atoms with van der Waals surface area (Å²) in [5.41, 5.74) is -0.128. The molecule has 0 bridgehead atoms. The first kappa shape index (κ1) is 21.0. The Hall–Kier alpha value is -1.07. The molecule has 24 heavy (non-hydrogen) atoms. The highest BCUT2D eigenvalue weighted by Gasteiger charge is 2.27. The third-order valence-electron chi connectivity index (χ3n) is 3.68. The third kappa shape index (κ3) is 7.67. The van der Waals surface area contributed by atoms with E-state index in [1.54, 1.807) is 31.4 Å². The van der Waals surface area contributed by atoms with Gasteiger partial charge in [0.05, 0.1) is 24.4 Å². The molecular weight excluding hydrogens is 324 g/mol. The molecule has 0 radical (unpaired) electrons. The van der Waals surface area contributed by atoms with Gasteiger partial charge in [-0.05, 0) is 47.9 Å². The van der Waals surface area contributed by atoms with Crippen molar-refractivity contribution < 1.29 is 17.9 Å². The van der Waals surface area contributed by atoms with Crippen LogP contribution >= 0.6 is 0 Å². The van der Waals surface area contributed by atoms with Crippen molar-refractivity contribution in [2.24, 2.45) is 10.8 Å². The summed E-state index contributed by atoms with van der Waals surface area (Å²) in [6.45, 7) is 11.8. The fraction of sp³-hybridized carbons (Fsp3) is 0.684. The lowest BCUT2D eigenvalue weighted by molar-refractivity contribution is 0.0649. The van der Waals surface area contributed by atoms with Crippen molar-refractivity contribution in [3.8, 4) is 5.75 Å². The molecule has 0 atom stereocenters. The molecule has 0 saturated carbocycles. The van der Waals surface area contributed by atoms with Crippen molar-refractivity contribution in [3.05, 3.63) is 24.3 Å². The number of methoxy groups -OCH3 is 1. The minimum Gasteiger partial charge on any atom is -0.497 e. The molecule has 5 heteroatoms. The highest BCUT2D eigenvalue weighted by atomic mass is 32.2. The van der Waals surface area contributed by atoms with Gasteiger partial charge < -0.3 is 9.47 Å². The summed E-state index contributed by atoms with van der Waals surface area (Å²) in [5.74, 6) is 0.787. The van der Waals surface area contributed by atoms with E-state index in [-0.39, 0.29) is 16.6 Å². The van der Waals surface area contributed by atoms with Gasteiger partial charge in [0, 0.05) is 6.61 Å². The number of hydrogen-bond acceptors (Lipinski definition) is 4. The molecule has 4 nitrogen and oxygen atoms in total. The van der Waals surface area contributed by atoms with Crippen LogP contribution in [0, 0.1) is 10.8 Å². The van der Waals surface area contributed by atoms with Gasteiger partial charge in [-0.15, -0.1) is 0 Å². The van der Waals surface area contributed by atoms with Gasteiger partial charge in [-0.3, -0.25) is 0 Å². The van der Waals surface area contributed by atoms with Gasteiger partial charge in [0.25, 0.3) is 0 Å². The SMILES string of the molecule is COc1ccc(S(=O)(=O)CC(C)(C)CCCOCC(C)(C)C)cc1. The van der Waals surface area contributed by atoms with Crippen LogP contribution in [0.2, 0.25) is 0 Å². The van der Waals surface area contributed by atoms with Crippen LogP contribution in [0.1, 0.15) is 47.5 Å². The van der Waals surface area contributed by atoms with Gasteiger partial charge in [-0.2, -0.15) is 0 Å². The summed E-state index contributed by atoms with van der Waals surface area (Å²) >= 11 is 0. The summed E-state index contributed by atoms with van der Waals surface area (Å²) in [5, 5.41) is 0. The number of benzene rings is 1. The van der Waals surface area contributed by atoms with E-state index in [2.05, 4.69) is 20.8 Å². The van der Waals surface area contributed by atoms with Crippen molar-refractivity contribution in [2.45, 2.75) is 52.4 Å². The smallest absolute Gasteiger partial charge is 0.178 e.